The molecule has 2 aliphatic rings. The lowest BCUT2D eigenvalue weighted by Gasteiger charge is -2.14. The Morgan fingerprint density at radius 2 is 2.00 bits per heavy atom. The van der Waals surface area contributed by atoms with Gasteiger partial charge in [0, 0.05) is 11.6 Å². The van der Waals surface area contributed by atoms with Crippen LogP contribution in [0.3, 0.4) is 0 Å². The predicted molar refractivity (Wildman–Crippen MR) is 109 cm³/mol. The molecule has 1 aliphatic heterocycles. The first kappa shape index (κ1) is 21.2. The lowest BCUT2D eigenvalue weighted by molar-refractivity contribution is -0.127. The number of imide groups is 1. The van der Waals surface area contributed by atoms with E-state index in [0.717, 1.165) is 12.8 Å². The number of rotatable bonds is 5. The highest BCUT2D eigenvalue weighted by Crippen LogP contribution is 2.41. The average Bonchev–Trinajstić information content (AvgIpc) is 3.40. The lowest BCUT2D eigenvalue weighted by Crippen LogP contribution is -2.42. The first-order valence-corrected chi connectivity index (χ1v) is 11.8. The summed E-state index contributed by atoms with van der Waals surface area (Å²) in [6, 6.07) is 0.247. The molecule has 4 rings (SSSR count). The summed E-state index contributed by atoms with van der Waals surface area (Å²) < 4.78 is 30.8. The summed E-state index contributed by atoms with van der Waals surface area (Å²) in [6.07, 6.45) is 1.06. The van der Waals surface area contributed by atoms with Gasteiger partial charge in [-0.1, -0.05) is 0 Å². The number of nitrogens with one attached hydrogen (secondary N) is 1. The average molecular weight is 449 g/mol. The number of nitrogens with zero attached hydrogens (tertiary/aromatic N) is 3. The molecule has 1 saturated heterocycles. The highest BCUT2D eigenvalue weighted by Gasteiger charge is 2.34. The fraction of sp³-hybridized carbons (Fsp3) is 0.526. The van der Waals surface area contributed by atoms with E-state index in [1.165, 1.54) is 6.92 Å². The van der Waals surface area contributed by atoms with E-state index in [0.29, 0.717) is 28.8 Å². The molecule has 166 valence electrons. The number of amides is 3. The number of sulfone groups is 1. The van der Waals surface area contributed by atoms with Crippen molar-refractivity contribution < 1.29 is 27.5 Å². The van der Waals surface area contributed by atoms with Crippen LogP contribution in [0, 0.1) is 6.92 Å². The second-order valence-corrected chi connectivity index (χ2v) is 10.3. The monoisotopic (exact) mass is 449 g/mol. The maximum atomic E-state index is 13.0. The Kier molecular flexibility index (Phi) is 5.20. The summed E-state index contributed by atoms with van der Waals surface area (Å²) in [5.74, 6) is -1.33. The molecule has 0 spiro atoms. The number of primary amides is 1. The van der Waals surface area contributed by atoms with E-state index >= 15 is 0 Å². The number of hydrogen-bond acceptors (Lipinski definition) is 8. The number of pyridine rings is 1. The van der Waals surface area contributed by atoms with Crippen LogP contribution in [-0.2, 0) is 19.4 Å². The number of nitrogens with two attached hydrogens (primary N) is 1. The minimum atomic E-state index is -3.14. The van der Waals surface area contributed by atoms with Crippen molar-refractivity contribution in [3.05, 3.63) is 23.0 Å². The highest BCUT2D eigenvalue weighted by molar-refractivity contribution is 7.91. The van der Waals surface area contributed by atoms with Gasteiger partial charge in [-0.05, 0) is 39.2 Å². The molecule has 2 aromatic heterocycles. The van der Waals surface area contributed by atoms with Gasteiger partial charge >= 0.3 is 12.0 Å². The van der Waals surface area contributed by atoms with Crippen LogP contribution in [0.25, 0.3) is 11.0 Å². The van der Waals surface area contributed by atoms with Gasteiger partial charge in [0.1, 0.15) is 0 Å². The lowest BCUT2D eigenvalue weighted by atomic mass is 10.1. The number of hydrogen-bond donors (Lipinski definition) is 2. The van der Waals surface area contributed by atoms with E-state index in [1.54, 1.807) is 17.7 Å². The molecule has 2 aromatic rings. The van der Waals surface area contributed by atoms with Crippen LogP contribution in [0.1, 0.15) is 59.9 Å². The Balaban J connectivity index is 1.74. The number of carbonyl (C=O) groups is 3. The molecule has 12 heteroatoms. The predicted octanol–water partition coefficient (Wildman–Crippen LogP) is 0.717. The van der Waals surface area contributed by atoms with Gasteiger partial charge in [-0.2, -0.15) is 5.10 Å². The largest absolute Gasteiger partial charge is 0.449 e. The Hall–Kier alpha value is -3.02. The van der Waals surface area contributed by atoms with Crippen molar-refractivity contribution in [2.24, 2.45) is 5.73 Å². The minimum Gasteiger partial charge on any atom is -0.449 e. The molecule has 31 heavy (non-hydrogen) atoms. The molecule has 2 atom stereocenters. The zero-order chi connectivity index (χ0) is 22.5. The maximum Gasteiger partial charge on any atom is 0.339 e. The number of esters is 1. The normalized spacial score (nSPS) is 21.0. The molecular formula is C19H23N5O6S. The zero-order valence-electron chi connectivity index (χ0n) is 17.1. The second kappa shape index (κ2) is 7.59. The van der Waals surface area contributed by atoms with E-state index < -0.39 is 33.8 Å². The molecule has 2 fully saturated rings. The fourth-order valence-corrected chi connectivity index (χ4v) is 5.50. The molecule has 0 radical (unpaired) electrons. The number of carbonyl (C=O) groups excluding carboxylic acids is 3. The number of aryl methyl sites for hydroxylation is 1. The molecule has 11 nitrogen and oxygen atoms in total. The van der Waals surface area contributed by atoms with Crippen molar-refractivity contribution in [1.82, 2.24) is 20.1 Å². The summed E-state index contributed by atoms with van der Waals surface area (Å²) in [7, 11) is -3.14. The zero-order valence-corrected chi connectivity index (χ0v) is 17.9. The molecule has 3 heterocycles. The van der Waals surface area contributed by atoms with Gasteiger partial charge in [-0.15, -0.1) is 0 Å². The summed E-state index contributed by atoms with van der Waals surface area (Å²) in [5, 5.41) is 6.83. The van der Waals surface area contributed by atoms with Crippen molar-refractivity contribution in [1.29, 1.82) is 0 Å². The van der Waals surface area contributed by atoms with Gasteiger partial charge in [-0.3, -0.25) is 10.1 Å². The molecule has 1 saturated carbocycles. The van der Waals surface area contributed by atoms with Crippen molar-refractivity contribution in [2.75, 3.05) is 11.5 Å². The summed E-state index contributed by atoms with van der Waals surface area (Å²) in [5.41, 5.74) is 6.79. The molecule has 1 aliphatic carbocycles. The van der Waals surface area contributed by atoms with E-state index in [-0.39, 0.29) is 29.0 Å². The van der Waals surface area contributed by atoms with Crippen LogP contribution in [0.4, 0.5) is 4.79 Å². The Bertz CT molecular complexity index is 1200. The fourth-order valence-electron chi connectivity index (χ4n) is 3.81. The third-order valence-corrected chi connectivity index (χ3v) is 7.28. The Labute approximate surface area is 178 Å². The van der Waals surface area contributed by atoms with Gasteiger partial charge in [0.15, 0.2) is 21.6 Å². The van der Waals surface area contributed by atoms with Crippen LogP contribution in [0.2, 0.25) is 0 Å². The van der Waals surface area contributed by atoms with E-state index in [2.05, 4.69) is 5.10 Å². The van der Waals surface area contributed by atoms with Crippen LogP contribution in [0.15, 0.2) is 6.07 Å². The van der Waals surface area contributed by atoms with Gasteiger partial charge < -0.3 is 10.5 Å². The van der Waals surface area contributed by atoms with Gasteiger partial charge in [-0.25, -0.2) is 27.7 Å². The molecule has 0 aromatic carbocycles. The second-order valence-electron chi connectivity index (χ2n) is 8.06. The third-order valence-electron chi connectivity index (χ3n) is 5.53. The molecule has 3 N–H and O–H groups in total. The topological polar surface area (TPSA) is 163 Å². The number of ether oxygens (including phenoxy) is 1. The van der Waals surface area contributed by atoms with Crippen LogP contribution >= 0.6 is 0 Å². The number of aromatic nitrogens is 3. The Morgan fingerprint density at radius 3 is 2.58 bits per heavy atom. The van der Waals surface area contributed by atoms with Crippen molar-refractivity contribution in [2.45, 2.75) is 51.2 Å². The van der Waals surface area contributed by atoms with Gasteiger partial charge in [0.25, 0.3) is 5.91 Å². The summed E-state index contributed by atoms with van der Waals surface area (Å²) in [4.78, 5) is 40.4. The third kappa shape index (κ3) is 4.24. The van der Waals surface area contributed by atoms with E-state index in [9.17, 15) is 22.8 Å². The highest BCUT2D eigenvalue weighted by atomic mass is 32.2. The van der Waals surface area contributed by atoms with Gasteiger partial charge in [0.05, 0.1) is 34.2 Å². The minimum absolute atomic E-state index is 0.0251. The first-order chi connectivity index (χ1) is 14.6. The van der Waals surface area contributed by atoms with E-state index in [4.69, 9.17) is 15.5 Å². The molecule has 0 bridgehead atoms. The number of urea groups is 1. The van der Waals surface area contributed by atoms with Crippen LogP contribution in [0.5, 0.6) is 0 Å². The van der Waals surface area contributed by atoms with Crippen LogP contribution < -0.4 is 11.1 Å². The van der Waals surface area contributed by atoms with Crippen molar-refractivity contribution in [3.63, 3.8) is 0 Å². The number of fused-ring (bicyclic) bond motifs is 1. The smallest absolute Gasteiger partial charge is 0.339 e. The first-order valence-electron chi connectivity index (χ1n) is 9.97. The van der Waals surface area contributed by atoms with Crippen LogP contribution in [-0.4, -0.2) is 58.7 Å². The van der Waals surface area contributed by atoms with E-state index in [1.807, 2.05) is 5.32 Å². The quantitative estimate of drug-likeness (QED) is 0.630. The standard InChI is InChI=1S/C19H23N5O6S/c1-9-15-13(18(26)30-10(2)17(25)22-19(20)27)7-14(11-3-4-11)21-16(15)24(23-9)12-5-6-31(28,29)8-12/h7,10-12H,3-6,8H2,1-2H3,(H3,20,22,25,27). The Morgan fingerprint density at radius 1 is 1.29 bits per heavy atom. The molecule has 3 amide bonds. The SMILES string of the molecule is Cc1nn(C2CCS(=O)(=O)C2)c2nc(C3CC3)cc(C(=O)OC(C)C(=O)NC(N)=O)c12. The maximum absolute atomic E-state index is 13.0. The summed E-state index contributed by atoms with van der Waals surface area (Å²) >= 11 is 0. The van der Waals surface area contributed by atoms with Crippen molar-refractivity contribution >= 4 is 38.8 Å². The van der Waals surface area contributed by atoms with Gasteiger partial charge in [0.2, 0.25) is 0 Å². The molecular weight excluding hydrogens is 426 g/mol. The van der Waals surface area contributed by atoms with Crippen molar-refractivity contribution in [3.8, 4) is 0 Å². The summed E-state index contributed by atoms with van der Waals surface area (Å²) in [6.45, 7) is 3.04. The molecule has 2 unspecified atom stereocenters.